The Hall–Kier alpha value is -2.54. The molecule has 0 saturated carbocycles. The zero-order valence-corrected chi connectivity index (χ0v) is 14.9. The van der Waals surface area contributed by atoms with Crippen LogP contribution in [0.3, 0.4) is 0 Å². The van der Waals surface area contributed by atoms with Crippen LogP contribution in [0.2, 0.25) is 0 Å². The molecule has 0 atom stereocenters. The predicted octanol–water partition coefficient (Wildman–Crippen LogP) is 2.94. The summed E-state index contributed by atoms with van der Waals surface area (Å²) in [6.07, 6.45) is 0.470. The molecule has 0 amide bonds. The number of carbonyl (C=O) groups is 1. The summed E-state index contributed by atoms with van der Waals surface area (Å²) in [5, 5.41) is 9.00. The molecule has 0 aromatic heterocycles. The highest BCUT2D eigenvalue weighted by Gasteiger charge is 2.20. The molecule has 2 aromatic carbocycles. The molecule has 0 aliphatic rings. The van der Waals surface area contributed by atoms with Crippen LogP contribution >= 0.6 is 0 Å². The number of carboxylic acid groups (broad SMARTS) is 1. The van der Waals surface area contributed by atoms with Crippen molar-refractivity contribution in [1.82, 2.24) is 0 Å². The average Bonchev–Trinajstić information content (AvgIpc) is 2.59. The van der Waals surface area contributed by atoms with Gasteiger partial charge in [0, 0.05) is 0 Å². The van der Waals surface area contributed by atoms with Gasteiger partial charge in [-0.05, 0) is 54.4 Å². The maximum atomic E-state index is 12.9. The molecule has 134 valence electrons. The van der Waals surface area contributed by atoms with Crippen LogP contribution in [0, 0.1) is 0 Å². The van der Waals surface area contributed by atoms with E-state index in [4.69, 9.17) is 14.6 Å². The van der Waals surface area contributed by atoms with Gasteiger partial charge >= 0.3 is 5.97 Å². The van der Waals surface area contributed by atoms with Crippen LogP contribution in [0.25, 0.3) is 0 Å². The monoisotopic (exact) mass is 364 g/mol. The summed E-state index contributed by atoms with van der Waals surface area (Å²) >= 11 is 0. The summed E-state index contributed by atoms with van der Waals surface area (Å²) in [4.78, 5) is 11.1. The van der Waals surface area contributed by atoms with Gasteiger partial charge in [0.2, 0.25) is 9.84 Å². The Morgan fingerprint density at radius 1 is 1.04 bits per heavy atom. The standard InChI is InChI=1S/C18H20O6S/c1-3-8-24-15-9-13(11-18(19)20)10-17(12-15)25(21,22)16-6-4-14(23-2)5-7-16/h4-7,9-10,12H,3,8,11H2,1-2H3,(H,19,20). The van der Waals surface area contributed by atoms with E-state index < -0.39 is 15.8 Å². The Bertz CT molecular complexity index is 840. The van der Waals surface area contributed by atoms with Crippen molar-refractivity contribution in [3.8, 4) is 11.5 Å². The number of ether oxygens (including phenoxy) is 2. The number of methoxy groups -OCH3 is 1. The van der Waals surface area contributed by atoms with Gasteiger partial charge in [-0.2, -0.15) is 0 Å². The van der Waals surface area contributed by atoms with E-state index in [9.17, 15) is 13.2 Å². The third-order valence-electron chi connectivity index (χ3n) is 3.45. The second kappa shape index (κ2) is 8.02. The lowest BCUT2D eigenvalue weighted by Gasteiger charge is -2.11. The van der Waals surface area contributed by atoms with Crippen molar-refractivity contribution in [2.75, 3.05) is 13.7 Å². The summed E-state index contributed by atoms with van der Waals surface area (Å²) < 4.78 is 36.2. The number of hydrogen-bond donors (Lipinski definition) is 1. The molecule has 0 heterocycles. The van der Waals surface area contributed by atoms with Gasteiger partial charge in [-0.1, -0.05) is 6.92 Å². The van der Waals surface area contributed by atoms with Gasteiger partial charge in [-0.3, -0.25) is 4.79 Å². The Morgan fingerprint density at radius 3 is 2.28 bits per heavy atom. The van der Waals surface area contributed by atoms with Crippen LogP contribution in [0.15, 0.2) is 52.3 Å². The van der Waals surface area contributed by atoms with Crippen molar-refractivity contribution in [3.05, 3.63) is 48.0 Å². The molecular formula is C18H20O6S. The molecule has 0 fully saturated rings. The number of hydrogen-bond acceptors (Lipinski definition) is 5. The minimum Gasteiger partial charge on any atom is -0.497 e. The number of rotatable bonds is 8. The first-order chi connectivity index (χ1) is 11.9. The molecular weight excluding hydrogens is 344 g/mol. The lowest BCUT2D eigenvalue weighted by Crippen LogP contribution is -2.07. The Kier molecular flexibility index (Phi) is 6.03. The van der Waals surface area contributed by atoms with Crippen LogP contribution in [0.5, 0.6) is 11.5 Å². The van der Waals surface area contributed by atoms with Crippen LogP contribution in [0.4, 0.5) is 0 Å². The molecule has 2 rings (SSSR count). The van der Waals surface area contributed by atoms with Gasteiger partial charge in [0.1, 0.15) is 11.5 Å². The number of sulfone groups is 1. The maximum absolute atomic E-state index is 12.9. The van der Waals surface area contributed by atoms with Gasteiger partial charge in [0.15, 0.2) is 0 Å². The van der Waals surface area contributed by atoms with Crippen molar-refractivity contribution in [3.63, 3.8) is 0 Å². The van der Waals surface area contributed by atoms with E-state index in [1.165, 1.54) is 31.4 Å². The molecule has 1 N–H and O–H groups in total. The third kappa shape index (κ3) is 4.73. The number of carboxylic acids is 1. The molecule has 25 heavy (non-hydrogen) atoms. The fourth-order valence-corrected chi connectivity index (χ4v) is 3.60. The molecule has 6 nitrogen and oxygen atoms in total. The summed E-state index contributed by atoms with van der Waals surface area (Å²) in [5.74, 6) is -0.154. The molecule has 2 aromatic rings. The Labute approximate surface area is 146 Å². The van der Waals surface area contributed by atoms with E-state index in [1.807, 2.05) is 6.92 Å². The van der Waals surface area contributed by atoms with Crippen molar-refractivity contribution in [2.24, 2.45) is 0 Å². The van der Waals surface area contributed by atoms with E-state index in [0.717, 1.165) is 6.42 Å². The van der Waals surface area contributed by atoms with Gasteiger partial charge in [-0.15, -0.1) is 0 Å². The molecule has 0 aliphatic heterocycles. The first-order valence-corrected chi connectivity index (χ1v) is 9.23. The quantitative estimate of drug-likeness (QED) is 0.774. The van der Waals surface area contributed by atoms with E-state index >= 15 is 0 Å². The first-order valence-electron chi connectivity index (χ1n) is 7.74. The lowest BCUT2D eigenvalue weighted by atomic mass is 10.1. The van der Waals surface area contributed by atoms with Crippen molar-refractivity contribution < 1.29 is 27.8 Å². The smallest absolute Gasteiger partial charge is 0.307 e. The summed E-state index contributed by atoms with van der Waals surface area (Å²) in [7, 11) is -2.30. The number of aliphatic carboxylic acids is 1. The van der Waals surface area contributed by atoms with E-state index in [-0.39, 0.29) is 16.2 Å². The maximum Gasteiger partial charge on any atom is 0.307 e. The summed E-state index contributed by atoms with van der Waals surface area (Å²) in [6, 6.07) is 10.4. The molecule has 0 saturated heterocycles. The van der Waals surface area contributed by atoms with Gasteiger partial charge in [-0.25, -0.2) is 8.42 Å². The minimum absolute atomic E-state index is 0.00233. The Balaban J connectivity index is 2.47. The summed E-state index contributed by atoms with van der Waals surface area (Å²) in [6.45, 7) is 2.34. The van der Waals surface area contributed by atoms with Crippen molar-refractivity contribution in [1.29, 1.82) is 0 Å². The van der Waals surface area contributed by atoms with Gasteiger partial charge in [0.05, 0.1) is 29.9 Å². The first kappa shape index (κ1) is 18.8. The zero-order chi connectivity index (χ0) is 18.4. The highest BCUT2D eigenvalue weighted by atomic mass is 32.2. The largest absolute Gasteiger partial charge is 0.497 e. The van der Waals surface area contributed by atoms with Crippen molar-refractivity contribution in [2.45, 2.75) is 29.6 Å². The lowest BCUT2D eigenvalue weighted by molar-refractivity contribution is -0.136. The zero-order valence-electron chi connectivity index (χ0n) is 14.1. The highest BCUT2D eigenvalue weighted by molar-refractivity contribution is 7.91. The Morgan fingerprint density at radius 2 is 1.72 bits per heavy atom. The molecule has 0 spiro atoms. The van der Waals surface area contributed by atoms with E-state index in [0.29, 0.717) is 23.7 Å². The fraction of sp³-hybridized carbons (Fsp3) is 0.278. The summed E-state index contributed by atoms with van der Waals surface area (Å²) in [5.41, 5.74) is 0.369. The van der Waals surface area contributed by atoms with Crippen LogP contribution in [0.1, 0.15) is 18.9 Å². The third-order valence-corrected chi connectivity index (χ3v) is 5.20. The van der Waals surface area contributed by atoms with E-state index in [2.05, 4.69) is 0 Å². The SMILES string of the molecule is CCCOc1cc(CC(=O)O)cc(S(=O)(=O)c2ccc(OC)cc2)c1. The topological polar surface area (TPSA) is 89.9 Å². The molecule has 0 radical (unpaired) electrons. The average molecular weight is 364 g/mol. The number of benzene rings is 2. The molecule has 0 aliphatic carbocycles. The van der Waals surface area contributed by atoms with E-state index in [1.54, 1.807) is 18.2 Å². The predicted molar refractivity (Wildman–Crippen MR) is 92.0 cm³/mol. The van der Waals surface area contributed by atoms with Crippen molar-refractivity contribution >= 4 is 15.8 Å². The highest BCUT2D eigenvalue weighted by Crippen LogP contribution is 2.28. The fourth-order valence-electron chi connectivity index (χ4n) is 2.26. The van der Waals surface area contributed by atoms with Crippen LogP contribution < -0.4 is 9.47 Å². The van der Waals surface area contributed by atoms with Gasteiger partial charge in [0.25, 0.3) is 0 Å². The second-order valence-corrected chi connectivity index (χ2v) is 7.36. The minimum atomic E-state index is -3.80. The van der Waals surface area contributed by atoms with Gasteiger partial charge < -0.3 is 14.6 Å². The normalized spacial score (nSPS) is 11.1. The molecule has 7 heteroatoms. The molecule has 0 unspecified atom stereocenters. The second-order valence-electron chi connectivity index (χ2n) is 5.41. The molecule has 0 bridgehead atoms. The van der Waals surface area contributed by atoms with Crippen LogP contribution in [-0.2, 0) is 21.1 Å². The van der Waals surface area contributed by atoms with Crippen LogP contribution in [-0.4, -0.2) is 33.2 Å².